The Morgan fingerprint density at radius 2 is 2.29 bits per heavy atom. The van der Waals surface area contributed by atoms with Gasteiger partial charge in [-0.3, -0.25) is 0 Å². The van der Waals surface area contributed by atoms with Crippen LogP contribution in [0.15, 0.2) is 11.8 Å². The van der Waals surface area contributed by atoms with Crippen molar-refractivity contribution in [2.45, 2.75) is 57.9 Å². The molecule has 0 radical (unpaired) electrons. The molecule has 2 aliphatic rings. The van der Waals surface area contributed by atoms with Crippen LogP contribution in [0.4, 0.5) is 0 Å². The van der Waals surface area contributed by atoms with Crippen LogP contribution in [0.3, 0.4) is 0 Å². The van der Waals surface area contributed by atoms with Crippen LogP contribution in [0.25, 0.3) is 0 Å². The highest BCUT2D eigenvalue weighted by atomic mass is 16.5. The molecule has 2 heteroatoms. The summed E-state index contributed by atoms with van der Waals surface area (Å²) in [5.74, 6) is 2.94. The lowest BCUT2D eigenvalue weighted by molar-refractivity contribution is 0.131. The van der Waals surface area contributed by atoms with Gasteiger partial charge in [-0.15, -0.1) is 0 Å². The lowest BCUT2D eigenvalue weighted by atomic mass is 9.76. The number of allylic oxidation sites excluding steroid dienone is 1. The van der Waals surface area contributed by atoms with Crippen LogP contribution in [0.2, 0.25) is 0 Å². The van der Waals surface area contributed by atoms with Crippen molar-refractivity contribution >= 4 is 0 Å². The zero-order chi connectivity index (χ0) is 12.1. The second kappa shape index (κ2) is 6.44. The molecule has 1 aliphatic carbocycles. The van der Waals surface area contributed by atoms with Gasteiger partial charge in [-0.2, -0.15) is 0 Å². The summed E-state index contributed by atoms with van der Waals surface area (Å²) in [6, 6.07) is 0.463. The van der Waals surface area contributed by atoms with Gasteiger partial charge in [0.1, 0.15) is 5.76 Å². The molecule has 2 nitrogen and oxygen atoms in total. The van der Waals surface area contributed by atoms with E-state index in [0.29, 0.717) is 6.04 Å². The molecule has 98 valence electrons. The molecule has 0 aromatic carbocycles. The highest BCUT2D eigenvalue weighted by Gasteiger charge is 2.30. The smallest absolute Gasteiger partial charge is 0.109 e. The molecule has 0 aromatic rings. The van der Waals surface area contributed by atoms with Gasteiger partial charge in [-0.25, -0.2) is 0 Å². The third-order valence-corrected chi connectivity index (χ3v) is 4.45. The summed E-state index contributed by atoms with van der Waals surface area (Å²) < 4.78 is 5.85. The van der Waals surface area contributed by atoms with Gasteiger partial charge in [0.15, 0.2) is 0 Å². The maximum atomic E-state index is 5.85. The molecule has 0 bridgehead atoms. The predicted molar refractivity (Wildman–Crippen MR) is 71.9 cm³/mol. The van der Waals surface area contributed by atoms with E-state index in [1.165, 1.54) is 50.7 Å². The number of nitrogens with one attached hydrogen (secondary N) is 1. The molecule has 0 saturated heterocycles. The van der Waals surface area contributed by atoms with E-state index in [4.69, 9.17) is 4.74 Å². The fourth-order valence-electron chi connectivity index (χ4n) is 3.41. The highest BCUT2D eigenvalue weighted by Crippen LogP contribution is 2.35. The van der Waals surface area contributed by atoms with E-state index in [-0.39, 0.29) is 0 Å². The van der Waals surface area contributed by atoms with Crippen LogP contribution < -0.4 is 5.32 Å². The molecular formula is C15H27NO. The standard InChI is InChI=1S/C15H27NO/c1-3-12-7-6-8-13(11-12)15(16-2)14-9-4-5-10-17-14/h9,12-13,15-16H,3-8,10-11H2,1-2H3. The summed E-state index contributed by atoms with van der Waals surface area (Å²) in [4.78, 5) is 0. The maximum absolute atomic E-state index is 5.85. The van der Waals surface area contributed by atoms with Crippen molar-refractivity contribution in [2.24, 2.45) is 11.8 Å². The van der Waals surface area contributed by atoms with Crippen LogP contribution in [-0.2, 0) is 4.74 Å². The van der Waals surface area contributed by atoms with E-state index in [1.54, 1.807) is 0 Å². The summed E-state index contributed by atoms with van der Waals surface area (Å²) in [6.45, 7) is 3.24. The average Bonchev–Trinajstić information content (AvgIpc) is 2.41. The fraction of sp³-hybridized carbons (Fsp3) is 0.867. The van der Waals surface area contributed by atoms with E-state index < -0.39 is 0 Å². The number of rotatable bonds is 4. The Morgan fingerprint density at radius 3 is 2.94 bits per heavy atom. The van der Waals surface area contributed by atoms with Gasteiger partial charge in [0.2, 0.25) is 0 Å². The van der Waals surface area contributed by atoms with E-state index in [0.717, 1.165) is 18.4 Å². The molecule has 0 spiro atoms. The van der Waals surface area contributed by atoms with Gasteiger partial charge in [-0.05, 0) is 50.6 Å². The largest absolute Gasteiger partial charge is 0.497 e. The Hall–Kier alpha value is -0.500. The average molecular weight is 237 g/mol. The number of ether oxygens (including phenoxy) is 1. The summed E-state index contributed by atoms with van der Waals surface area (Å²) in [5, 5.41) is 3.49. The molecule has 17 heavy (non-hydrogen) atoms. The van der Waals surface area contributed by atoms with E-state index in [2.05, 4.69) is 25.4 Å². The van der Waals surface area contributed by atoms with Crippen LogP contribution in [0, 0.1) is 11.8 Å². The van der Waals surface area contributed by atoms with Gasteiger partial charge in [0.25, 0.3) is 0 Å². The topological polar surface area (TPSA) is 21.3 Å². The number of likely N-dealkylation sites (N-methyl/N-ethyl adjacent to an activating group) is 1. The van der Waals surface area contributed by atoms with Gasteiger partial charge < -0.3 is 10.1 Å². The van der Waals surface area contributed by atoms with Gasteiger partial charge in [0, 0.05) is 0 Å². The molecule has 0 aromatic heterocycles. The Kier molecular flexibility index (Phi) is 4.90. The minimum Gasteiger partial charge on any atom is -0.497 e. The minimum absolute atomic E-state index is 0.463. The van der Waals surface area contributed by atoms with Gasteiger partial charge >= 0.3 is 0 Å². The van der Waals surface area contributed by atoms with Crippen LogP contribution in [-0.4, -0.2) is 19.7 Å². The zero-order valence-electron chi connectivity index (χ0n) is 11.4. The van der Waals surface area contributed by atoms with Crippen molar-refractivity contribution in [1.82, 2.24) is 5.32 Å². The van der Waals surface area contributed by atoms with Crippen molar-refractivity contribution < 1.29 is 4.74 Å². The molecule has 3 unspecified atom stereocenters. The first-order chi connectivity index (χ1) is 8.35. The van der Waals surface area contributed by atoms with Crippen molar-refractivity contribution in [3.05, 3.63) is 11.8 Å². The second-order valence-electron chi connectivity index (χ2n) is 5.56. The lowest BCUT2D eigenvalue weighted by Gasteiger charge is -2.36. The van der Waals surface area contributed by atoms with E-state index >= 15 is 0 Å². The Balaban J connectivity index is 1.99. The second-order valence-corrected chi connectivity index (χ2v) is 5.56. The minimum atomic E-state index is 0.463. The summed E-state index contributed by atoms with van der Waals surface area (Å²) in [7, 11) is 2.08. The molecule has 1 N–H and O–H groups in total. The Morgan fingerprint density at radius 1 is 1.41 bits per heavy atom. The van der Waals surface area contributed by atoms with Crippen LogP contribution >= 0.6 is 0 Å². The fourth-order valence-corrected chi connectivity index (χ4v) is 3.41. The first-order valence-electron chi connectivity index (χ1n) is 7.35. The predicted octanol–water partition coefficient (Wildman–Crippen LogP) is 3.49. The van der Waals surface area contributed by atoms with Crippen LogP contribution in [0.1, 0.15) is 51.9 Å². The summed E-state index contributed by atoms with van der Waals surface area (Å²) in [5.41, 5.74) is 0. The van der Waals surface area contributed by atoms with Crippen LogP contribution in [0.5, 0.6) is 0 Å². The summed E-state index contributed by atoms with van der Waals surface area (Å²) in [6.07, 6.45) is 11.6. The molecule has 3 atom stereocenters. The van der Waals surface area contributed by atoms with Gasteiger partial charge in [0.05, 0.1) is 12.6 Å². The zero-order valence-corrected chi connectivity index (χ0v) is 11.4. The quantitative estimate of drug-likeness (QED) is 0.808. The molecular weight excluding hydrogens is 210 g/mol. The molecule has 1 aliphatic heterocycles. The monoisotopic (exact) mass is 237 g/mol. The molecule has 2 rings (SSSR count). The molecule has 1 fully saturated rings. The summed E-state index contributed by atoms with van der Waals surface area (Å²) >= 11 is 0. The first-order valence-corrected chi connectivity index (χ1v) is 7.35. The van der Waals surface area contributed by atoms with Crippen molar-refractivity contribution in [3.63, 3.8) is 0 Å². The highest BCUT2D eigenvalue weighted by molar-refractivity contribution is 5.08. The van der Waals surface area contributed by atoms with Gasteiger partial charge in [-0.1, -0.05) is 26.2 Å². The van der Waals surface area contributed by atoms with Crippen molar-refractivity contribution in [2.75, 3.05) is 13.7 Å². The first kappa shape index (κ1) is 12.9. The Bertz CT molecular complexity index is 262. The number of hydrogen-bond acceptors (Lipinski definition) is 2. The third-order valence-electron chi connectivity index (χ3n) is 4.45. The normalized spacial score (nSPS) is 31.5. The van der Waals surface area contributed by atoms with E-state index in [1.807, 2.05) is 0 Å². The molecule has 1 saturated carbocycles. The van der Waals surface area contributed by atoms with E-state index in [9.17, 15) is 0 Å². The van der Waals surface area contributed by atoms with Crippen molar-refractivity contribution in [3.8, 4) is 0 Å². The SMILES string of the molecule is CCC1CCCC(C(NC)C2=CCCCO2)C1. The van der Waals surface area contributed by atoms with Crippen molar-refractivity contribution in [1.29, 1.82) is 0 Å². The molecule has 1 heterocycles. The Labute approximate surface area is 106 Å². The lowest BCUT2D eigenvalue weighted by Crippen LogP contribution is -2.39. The maximum Gasteiger partial charge on any atom is 0.109 e. The molecule has 0 amide bonds. The number of hydrogen-bond donors (Lipinski definition) is 1. The third kappa shape index (κ3) is 3.25.